The first kappa shape index (κ1) is 16.8. The highest BCUT2D eigenvalue weighted by atomic mass is 32.1. The summed E-state index contributed by atoms with van der Waals surface area (Å²) in [6, 6.07) is 5.00. The molecular formula is C18H19N3O4S. The van der Waals surface area contributed by atoms with Crippen molar-refractivity contribution < 1.29 is 19.1 Å². The molecule has 7 nitrogen and oxygen atoms in total. The van der Waals surface area contributed by atoms with Crippen LogP contribution < -0.4 is 14.8 Å². The number of nitrogens with zero attached hydrogens (tertiary/aromatic N) is 2. The maximum Gasteiger partial charge on any atom is 0.273 e. The summed E-state index contributed by atoms with van der Waals surface area (Å²) in [6.07, 6.45) is 2.03. The smallest absolute Gasteiger partial charge is 0.273 e. The molecule has 2 amide bonds. The van der Waals surface area contributed by atoms with Gasteiger partial charge >= 0.3 is 0 Å². The predicted molar refractivity (Wildman–Crippen MR) is 96.9 cm³/mol. The quantitative estimate of drug-likeness (QED) is 0.895. The average Bonchev–Trinajstić information content (AvgIpc) is 3.30. The second-order valence-electron chi connectivity index (χ2n) is 6.53. The normalized spacial score (nSPS) is 16.6. The molecule has 4 rings (SSSR count). The van der Waals surface area contributed by atoms with Gasteiger partial charge in [-0.3, -0.25) is 14.9 Å². The lowest BCUT2D eigenvalue weighted by atomic mass is 9.99. The number of hydrogen-bond donors (Lipinski definition) is 1. The topological polar surface area (TPSA) is 80.8 Å². The van der Waals surface area contributed by atoms with Crippen molar-refractivity contribution in [3.05, 3.63) is 34.8 Å². The minimum atomic E-state index is -0.302. The van der Waals surface area contributed by atoms with E-state index in [1.807, 2.05) is 4.90 Å². The summed E-state index contributed by atoms with van der Waals surface area (Å²) in [7, 11) is 0. The molecule has 136 valence electrons. The summed E-state index contributed by atoms with van der Waals surface area (Å²) >= 11 is 1.24. The molecule has 26 heavy (non-hydrogen) atoms. The van der Waals surface area contributed by atoms with Gasteiger partial charge < -0.3 is 14.4 Å². The molecule has 1 saturated heterocycles. The number of likely N-dealkylation sites (tertiary alicyclic amines) is 1. The number of nitrogens with one attached hydrogen (secondary N) is 1. The lowest BCUT2D eigenvalue weighted by Crippen LogP contribution is -2.38. The minimum absolute atomic E-state index is 0.0725. The summed E-state index contributed by atoms with van der Waals surface area (Å²) < 4.78 is 10.5. The predicted octanol–water partition coefficient (Wildman–Crippen LogP) is 3.00. The molecule has 0 spiro atoms. The van der Waals surface area contributed by atoms with Crippen molar-refractivity contribution in [2.75, 3.05) is 25.2 Å². The number of carbonyl (C=O) groups is 2. The standard InChI is InChI=1S/C18H19N3O4S/c1-11-4-6-21(7-5-11)17(23)13-9-26-18(19-13)20-16(22)12-2-3-14-15(8-12)25-10-24-14/h2-3,8-9,11H,4-7,10H2,1H3,(H,19,20,22). The fraction of sp³-hybridized carbons (Fsp3) is 0.389. The zero-order valence-electron chi connectivity index (χ0n) is 14.4. The minimum Gasteiger partial charge on any atom is -0.454 e. The Labute approximate surface area is 154 Å². The van der Waals surface area contributed by atoms with Crippen molar-refractivity contribution in [3.63, 3.8) is 0 Å². The lowest BCUT2D eigenvalue weighted by Gasteiger charge is -2.29. The van der Waals surface area contributed by atoms with Crippen molar-refractivity contribution in [1.29, 1.82) is 0 Å². The molecule has 1 aromatic heterocycles. The van der Waals surface area contributed by atoms with E-state index >= 15 is 0 Å². The van der Waals surface area contributed by atoms with Gasteiger partial charge in [-0.2, -0.15) is 0 Å². The second-order valence-corrected chi connectivity index (χ2v) is 7.39. The Bertz CT molecular complexity index is 843. The van der Waals surface area contributed by atoms with E-state index in [0.717, 1.165) is 25.9 Å². The number of benzene rings is 1. The summed E-state index contributed by atoms with van der Waals surface area (Å²) in [5.74, 6) is 1.46. The molecule has 0 saturated carbocycles. The van der Waals surface area contributed by atoms with Crippen LogP contribution in [0.25, 0.3) is 0 Å². The van der Waals surface area contributed by atoms with Gasteiger partial charge in [0.15, 0.2) is 16.6 Å². The fourth-order valence-electron chi connectivity index (χ4n) is 3.01. The Morgan fingerprint density at radius 2 is 2.00 bits per heavy atom. The monoisotopic (exact) mass is 373 g/mol. The molecule has 0 aliphatic carbocycles. The molecule has 1 N–H and O–H groups in total. The van der Waals surface area contributed by atoms with E-state index in [1.54, 1.807) is 23.6 Å². The van der Waals surface area contributed by atoms with Crippen LogP contribution in [0.4, 0.5) is 5.13 Å². The number of fused-ring (bicyclic) bond motifs is 1. The zero-order chi connectivity index (χ0) is 18.1. The summed E-state index contributed by atoms with van der Waals surface area (Å²) in [4.78, 5) is 31.0. The van der Waals surface area contributed by atoms with Crippen LogP contribution in [0.5, 0.6) is 11.5 Å². The molecule has 0 bridgehead atoms. The van der Waals surface area contributed by atoms with Gasteiger partial charge in [0.25, 0.3) is 11.8 Å². The van der Waals surface area contributed by atoms with Crippen molar-refractivity contribution in [2.24, 2.45) is 5.92 Å². The highest BCUT2D eigenvalue weighted by molar-refractivity contribution is 7.14. The Morgan fingerprint density at radius 1 is 1.23 bits per heavy atom. The van der Waals surface area contributed by atoms with Gasteiger partial charge in [-0.05, 0) is 37.0 Å². The molecule has 0 radical (unpaired) electrons. The van der Waals surface area contributed by atoms with Gasteiger partial charge in [-0.15, -0.1) is 11.3 Å². The molecule has 2 aliphatic heterocycles. The van der Waals surface area contributed by atoms with Crippen molar-refractivity contribution >= 4 is 28.3 Å². The highest BCUT2D eigenvalue weighted by Crippen LogP contribution is 2.32. The zero-order valence-corrected chi connectivity index (χ0v) is 15.2. The molecule has 8 heteroatoms. The van der Waals surface area contributed by atoms with Crippen molar-refractivity contribution in [1.82, 2.24) is 9.88 Å². The Morgan fingerprint density at radius 3 is 2.81 bits per heavy atom. The molecule has 2 aliphatic rings. The van der Waals surface area contributed by atoms with E-state index in [0.29, 0.717) is 33.8 Å². The van der Waals surface area contributed by atoms with E-state index in [4.69, 9.17) is 9.47 Å². The molecule has 3 heterocycles. The maximum absolute atomic E-state index is 12.5. The molecule has 1 aromatic carbocycles. The molecule has 0 unspecified atom stereocenters. The van der Waals surface area contributed by atoms with E-state index in [1.165, 1.54) is 11.3 Å². The first-order chi connectivity index (χ1) is 12.6. The molecular weight excluding hydrogens is 354 g/mol. The van der Waals surface area contributed by atoms with Crippen LogP contribution in [0.3, 0.4) is 0 Å². The van der Waals surface area contributed by atoms with E-state index < -0.39 is 0 Å². The first-order valence-electron chi connectivity index (χ1n) is 8.56. The van der Waals surface area contributed by atoms with Gasteiger partial charge in [0.1, 0.15) is 5.69 Å². The number of carbonyl (C=O) groups excluding carboxylic acids is 2. The Kier molecular flexibility index (Phi) is 4.50. The SMILES string of the molecule is CC1CCN(C(=O)c2csc(NC(=O)c3ccc4c(c3)OCO4)n2)CC1. The number of anilines is 1. The van der Waals surface area contributed by atoms with E-state index in [2.05, 4.69) is 17.2 Å². The van der Waals surface area contributed by atoms with Crippen molar-refractivity contribution in [2.45, 2.75) is 19.8 Å². The Hall–Kier alpha value is -2.61. The molecule has 0 atom stereocenters. The third-order valence-electron chi connectivity index (χ3n) is 4.65. The summed E-state index contributed by atoms with van der Waals surface area (Å²) in [5.41, 5.74) is 0.827. The maximum atomic E-state index is 12.5. The van der Waals surface area contributed by atoms with Gasteiger partial charge in [-0.1, -0.05) is 6.92 Å². The number of piperidine rings is 1. The van der Waals surface area contributed by atoms with Crippen LogP contribution in [-0.2, 0) is 0 Å². The third-order valence-corrected chi connectivity index (χ3v) is 5.41. The van der Waals surface area contributed by atoms with Crippen LogP contribution >= 0.6 is 11.3 Å². The summed E-state index contributed by atoms with van der Waals surface area (Å²) in [5, 5.41) is 4.83. The van der Waals surface area contributed by atoms with Gasteiger partial charge in [0.2, 0.25) is 6.79 Å². The average molecular weight is 373 g/mol. The van der Waals surface area contributed by atoms with Gasteiger partial charge in [-0.25, -0.2) is 4.98 Å². The van der Waals surface area contributed by atoms with Crippen LogP contribution in [0, 0.1) is 5.92 Å². The molecule has 2 aromatic rings. The van der Waals surface area contributed by atoms with E-state index in [-0.39, 0.29) is 18.6 Å². The van der Waals surface area contributed by atoms with Crippen LogP contribution in [0.15, 0.2) is 23.6 Å². The lowest BCUT2D eigenvalue weighted by molar-refractivity contribution is 0.0692. The number of ether oxygens (including phenoxy) is 2. The molecule has 1 fully saturated rings. The van der Waals surface area contributed by atoms with Gasteiger partial charge in [0, 0.05) is 24.0 Å². The largest absolute Gasteiger partial charge is 0.454 e. The summed E-state index contributed by atoms with van der Waals surface area (Å²) in [6.45, 7) is 3.88. The first-order valence-corrected chi connectivity index (χ1v) is 9.44. The van der Waals surface area contributed by atoms with Crippen molar-refractivity contribution in [3.8, 4) is 11.5 Å². The number of thiazole rings is 1. The number of hydrogen-bond acceptors (Lipinski definition) is 6. The van der Waals surface area contributed by atoms with Crippen LogP contribution in [-0.4, -0.2) is 41.6 Å². The second kappa shape index (κ2) is 6.95. The number of amides is 2. The highest BCUT2D eigenvalue weighted by Gasteiger charge is 2.24. The number of rotatable bonds is 3. The van der Waals surface area contributed by atoms with Crippen LogP contribution in [0.1, 0.15) is 40.6 Å². The van der Waals surface area contributed by atoms with Crippen LogP contribution in [0.2, 0.25) is 0 Å². The third kappa shape index (κ3) is 3.37. The van der Waals surface area contributed by atoms with E-state index in [9.17, 15) is 9.59 Å². The number of aromatic nitrogens is 1. The van der Waals surface area contributed by atoms with Gasteiger partial charge in [0.05, 0.1) is 0 Å². The fourth-order valence-corrected chi connectivity index (χ4v) is 3.69. The Balaban J connectivity index is 1.41.